The van der Waals surface area contributed by atoms with Gasteiger partial charge in [-0.2, -0.15) is 0 Å². The van der Waals surface area contributed by atoms with E-state index in [4.69, 9.17) is 5.11 Å². The number of nitrogens with one attached hydrogen (secondary N) is 2. The number of carbonyl (C=O) groups is 1. The zero-order chi connectivity index (χ0) is 14.5. The molecule has 1 aromatic heterocycles. The number of benzene rings is 1. The van der Waals surface area contributed by atoms with Crippen LogP contribution in [0, 0.1) is 0 Å². The van der Waals surface area contributed by atoms with Crippen LogP contribution in [0.15, 0.2) is 33.5 Å². The standard InChI is InChI=1S/C14H15BrN2O3/c15-11-4-5-12-10(8-11)7-9(13(18)17-12)3-1-2-6-16-14(19)20/h4-5,7-8,16H,1-3,6H2,(H,17,18)(H,19,20). The summed E-state index contributed by atoms with van der Waals surface area (Å²) in [6.45, 7) is 0.409. The van der Waals surface area contributed by atoms with Crippen LogP contribution in [0.2, 0.25) is 0 Å². The van der Waals surface area contributed by atoms with E-state index in [0.29, 0.717) is 19.4 Å². The number of aromatic nitrogens is 1. The van der Waals surface area contributed by atoms with Gasteiger partial charge in [0.05, 0.1) is 0 Å². The minimum Gasteiger partial charge on any atom is -0.465 e. The lowest BCUT2D eigenvalue weighted by molar-refractivity contribution is 0.194. The summed E-state index contributed by atoms with van der Waals surface area (Å²) >= 11 is 3.41. The van der Waals surface area contributed by atoms with Gasteiger partial charge in [0, 0.05) is 22.1 Å². The van der Waals surface area contributed by atoms with Gasteiger partial charge in [0.15, 0.2) is 0 Å². The lowest BCUT2D eigenvalue weighted by atomic mass is 10.1. The van der Waals surface area contributed by atoms with Gasteiger partial charge in [0.1, 0.15) is 0 Å². The molecule has 5 nitrogen and oxygen atoms in total. The van der Waals surface area contributed by atoms with Crippen LogP contribution in [0.4, 0.5) is 4.79 Å². The van der Waals surface area contributed by atoms with E-state index in [-0.39, 0.29) is 5.56 Å². The average molecular weight is 339 g/mol. The largest absolute Gasteiger partial charge is 0.465 e. The van der Waals surface area contributed by atoms with Crippen molar-refractivity contribution in [2.75, 3.05) is 6.54 Å². The Labute approximate surface area is 124 Å². The Hall–Kier alpha value is -1.82. The first-order chi connectivity index (χ1) is 9.56. The summed E-state index contributed by atoms with van der Waals surface area (Å²) in [6, 6.07) is 7.60. The molecule has 0 unspecified atom stereocenters. The molecule has 0 fully saturated rings. The maximum atomic E-state index is 11.9. The maximum absolute atomic E-state index is 11.9. The molecule has 1 heterocycles. The van der Waals surface area contributed by atoms with E-state index in [1.165, 1.54) is 0 Å². The molecule has 106 valence electrons. The van der Waals surface area contributed by atoms with Gasteiger partial charge >= 0.3 is 6.09 Å². The van der Waals surface area contributed by atoms with Crippen molar-refractivity contribution in [3.8, 4) is 0 Å². The van der Waals surface area contributed by atoms with Crippen LogP contribution in [0.5, 0.6) is 0 Å². The van der Waals surface area contributed by atoms with Gasteiger partial charge in [-0.25, -0.2) is 4.79 Å². The summed E-state index contributed by atoms with van der Waals surface area (Å²) in [5.41, 5.74) is 1.46. The molecule has 0 saturated carbocycles. The van der Waals surface area contributed by atoms with Crippen molar-refractivity contribution < 1.29 is 9.90 Å². The first-order valence-corrected chi connectivity index (χ1v) is 7.14. The second kappa shape index (κ2) is 6.56. The van der Waals surface area contributed by atoms with Crippen molar-refractivity contribution in [3.63, 3.8) is 0 Å². The Morgan fingerprint density at radius 1 is 1.30 bits per heavy atom. The van der Waals surface area contributed by atoms with E-state index in [9.17, 15) is 9.59 Å². The van der Waals surface area contributed by atoms with E-state index >= 15 is 0 Å². The topological polar surface area (TPSA) is 82.2 Å². The molecule has 2 aromatic rings. The third kappa shape index (κ3) is 3.84. The normalized spacial score (nSPS) is 10.7. The van der Waals surface area contributed by atoms with Crippen LogP contribution in [0.25, 0.3) is 10.9 Å². The Balaban J connectivity index is 2.04. The highest BCUT2D eigenvalue weighted by Gasteiger charge is 2.04. The number of amides is 1. The molecule has 0 saturated heterocycles. The second-order valence-corrected chi connectivity index (χ2v) is 5.46. The van der Waals surface area contributed by atoms with Gasteiger partial charge in [-0.15, -0.1) is 0 Å². The summed E-state index contributed by atoms with van der Waals surface area (Å²) in [7, 11) is 0. The molecule has 0 bridgehead atoms. The molecule has 0 atom stereocenters. The molecule has 0 aliphatic carbocycles. The van der Waals surface area contributed by atoms with E-state index < -0.39 is 6.09 Å². The van der Waals surface area contributed by atoms with Crippen LogP contribution in [-0.4, -0.2) is 22.7 Å². The first-order valence-electron chi connectivity index (χ1n) is 6.34. The predicted octanol–water partition coefficient (Wildman–Crippen LogP) is 2.88. The third-order valence-corrected chi connectivity index (χ3v) is 3.53. The van der Waals surface area contributed by atoms with Crippen LogP contribution >= 0.6 is 15.9 Å². The lowest BCUT2D eigenvalue weighted by Crippen LogP contribution is -2.22. The number of aromatic amines is 1. The minimum absolute atomic E-state index is 0.0778. The van der Waals surface area contributed by atoms with E-state index in [1.807, 2.05) is 24.3 Å². The van der Waals surface area contributed by atoms with Gasteiger partial charge < -0.3 is 15.4 Å². The monoisotopic (exact) mass is 338 g/mol. The molecule has 6 heteroatoms. The van der Waals surface area contributed by atoms with Crippen molar-refractivity contribution in [1.82, 2.24) is 10.3 Å². The Morgan fingerprint density at radius 3 is 2.85 bits per heavy atom. The highest BCUT2D eigenvalue weighted by atomic mass is 79.9. The quantitative estimate of drug-likeness (QED) is 0.733. The molecular weight excluding hydrogens is 324 g/mol. The summed E-state index contributed by atoms with van der Waals surface area (Å²) in [4.78, 5) is 25.1. The summed E-state index contributed by atoms with van der Waals surface area (Å²) in [6.07, 6.45) is 1.10. The number of aryl methyl sites for hydroxylation is 1. The van der Waals surface area contributed by atoms with Crippen molar-refractivity contribution in [2.45, 2.75) is 19.3 Å². The molecule has 1 aromatic carbocycles. The Bertz CT molecular complexity index is 682. The molecule has 0 aliphatic rings. The van der Waals surface area contributed by atoms with E-state index in [0.717, 1.165) is 27.4 Å². The summed E-state index contributed by atoms with van der Waals surface area (Å²) in [5, 5.41) is 11.7. The number of unbranched alkanes of at least 4 members (excludes halogenated alkanes) is 1. The predicted molar refractivity (Wildman–Crippen MR) is 81.2 cm³/mol. The number of pyridine rings is 1. The van der Waals surface area contributed by atoms with Gasteiger partial charge in [-0.05, 0) is 48.9 Å². The van der Waals surface area contributed by atoms with Crippen molar-refractivity contribution in [1.29, 1.82) is 0 Å². The third-order valence-electron chi connectivity index (χ3n) is 3.03. The fourth-order valence-electron chi connectivity index (χ4n) is 2.04. The SMILES string of the molecule is O=C(O)NCCCCc1cc2cc(Br)ccc2[nH]c1=O. The molecule has 2 rings (SSSR count). The number of rotatable bonds is 5. The zero-order valence-electron chi connectivity index (χ0n) is 10.8. The summed E-state index contributed by atoms with van der Waals surface area (Å²) in [5.74, 6) is 0. The highest BCUT2D eigenvalue weighted by molar-refractivity contribution is 9.10. The maximum Gasteiger partial charge on any atom is 0.404 e. The number of hydrogen-bond donors (Lipinski definition) is 3. The van der Waals surface area contributed by atoms with Crippen molar-refractivity contribution >= 4 is 32.9 Å². The molecule has 20 heavy (non-hydrogen) atoms. The van der Waals surface area contributed by atoms with E-state index in [1.54, 1.807) is 0 Å². The number of hydrogen-bond acceptors (Lipinski definition) is 2. The van der Waals surface area contributed by atoms with Gasteiger partial charge in [0.25, 0.3) is 5.56 Å². The van der Waals surface area contributed by atoms with Gasteiger partial charge in [-0.1, -0.05) is 15.9 Å². The highest BCUT2D eigenvalue weighted by Crippen LogP contribution is 2.18. The van der Waals surface area contributed by atoms with Crippen LogP contribution in [0.3, 0.4) is 0 Å². The molecular formula is C14H15BrN2O3. The molecule has 3 N–H and O–H groups in total. The number of carboxylic acid groups (broad SMARTS) is 1. The zero-order valence-corrected chi connectivity index (χ0v) is 12.4. The molecule has 1 amide bonds. The average Bonchev–Trinajstić information content (AvgIpc) is 2.39. The van der Waals surface area contributed by atoms with Gasteiger partial charge in [0.2, 0.25) is 0 Å². The Kier molecular flexibility index (Phi) is 4.79. The lowest BCUT2D eigenvalue weighted by Gasteiger charge is -2.04. The first kappa shape index (κ1) is 14.6. The number of fused-ring (bicyclic) bond motifs is 1. The minimum atomic E-state index is -1.02. The number of H-pyrrole nitrogens is 1. The molecule has 0 radical (unpaired) electrons. The second-order valence-electron chi connectivity index (χ2n) is 4.54. The van der Waals surface area contributed by atoms with Crippen LogP contribution in [0.1, 0.15) is 18.4 Å². The Morgan fingerprint density at radius 2 is 2.10 bits per heavy atom. The summed E-state index contributed by atoms with van der Waals surface area (Å²) < 4.78 is 0.966. The number of halogens is 1. The smallest absolute Gasteiger partial charge is 0.404 e. The van der Waals surface area contributed by atoms with Crippen LogP contribution in [-0.2, 0) is 6.42 Å². The van der Waals surface area contributed by atoms with Crippen LogP contribution < -0.4 is 10.9 Å². The fraction of sp³-hybridized carbons (Fsp3) is 0.286. The fourth-order valence-corrected chi connectivity index (χ4v) is 2.42. The van der Waals surface area contributed by atoms with Gasteiger partial charge in [-0.3, -0.25) is 4.79 Å². The van der Waals surface area contributed by atoms with E-state index in [2.05, 4.69) is 26.2 Å². The van der Waals surface area contributed by atoms with Crippen molar-refractivity contribution in [2.24, 2.45) is 0 Å². The molecule has 0 aliphatic heterocycles. The van der Waals surface area contributed by atoms with Crippen molar-refractivity contribution in [3.05, 3.63) is 44.7 Å². The molecule has 0 spiro atoms.